The van der Waals surface area contributed by atoms with E-state index in [-0.39, 0.29) is 16.8 Å². The van der Waals surface area contributed by atoms with Gasteiger partial charge in [0.1, 0.15) is 12.0 Å². The number of hydrogen-bond acceptors (Lipinski definition) is 5. The lowest BCUT2D eigenvalue weighted by Gasteiger charge is -2.45. The molecule has 0 aromatic heterocycles. The van der Waals surface area contributed by atoms with Gasteiger partial charge in [-0.2, -0.15) is 0 Å². The molecular weight excluding hydrogens is 328 g/mol. The zero-order valence-corrected chi connectivity index (χ0v) is 14.6. The summed E-state index contributed by atoms with van der Waals surface area (Å²) in [5, 5.41) is 11.0. The van der Waals surface area contributed by atoms with E-state index in [4.69, 9.17) is 4.99 Å². The van der Waals surface area contributed by atoms with E-state index in [2.05, 4.69) is 41.0 Å². The number of fused-ring (bicyclic) bond motifs is 6. The minimum Gasteiger partial charge on any atom is -0.350 e. The van der Waals surface area contributed by atoms with Gasteiger partial charge in [0.15, 0.2) is 0 Å². The lowest BCUT2D eigenvalue weighted by molar-refractivity contribution is -0.384. The smallest absolute Gasteiger partial charge is 0.269 e. The third kappa shape index (κ3) is 2.08. The molecule has 3 aliphatic heterocycles. The Labute approximate surface area is 151 Å². The van der Waals surface area contributed by atoms with Crippen molar-refractivity contribution in [1.82, 2.24) is 4.90 Å². The number of nitro groups is 1. The van der Waals surface area contributed by atoms with Gasteiger partial charge in [-0.05, 0) is 31.0 Å². The molecule has 5 rings (SSSR count). The predicted octanol–water partition coefficient (Wildman–Crippen LogP) is 3.38. The van der Waals surface area contributed by atoms with Crippen LogP contribution in [0.15, 0.2) is 53.5 Å². The highest BCUT2D eigenvalue weighted by atomic mass is 16.6. The van der Waals surface area contributed by atoms with Gasteiger partial charge in [-0.25, -0.2) is 0 Å². The van der Waals surface area contributed by atoms with Crippen LogP contribution < -0.4 is 4.90 Å². The molecule has 0 bridgehead atoms. The van der Waals surface area contributed by atoms with E-state index >= 15 is 0 Å². The average molecular weight is 348 g/mol. The Kier molecular flexibility index (Phi) is 3.29. The van der Waals surface area contributed by atoms with E-state index in [0.717, 1.165) is 25.3 Å². The van der Waals surface area contributed by atoms with Crippen LogP contribution in [0.25, 0.3) is 0 Å². The van der Waals surface area contributed by atoms with Gasteiger partial charge in [0.05, 0.1) is 11.5 Å². The molecule has 0 aliphatic carbocycles. The molecule has 0 N–H and O–H groups in total. The van der Waals surface area contributed by atoms with Crippen LogP contribution in [0.3, 0.4) is 0 Å². The molecule has 3 unspecified atom stereocenters. The summed E-state index contributed by atoms with van der Waals surface area (Å²) in [6.07, 6.45) is 1.26. The molecule has 0 amide bonds. The van der Waals surface area contributed by atoms with E-state index in [9.17, 15) is 10.1 Å². The highest BCUT2D eigenvalue weighted by molar-refractivity contribution is 6.07. The van der Waals surface area contributed by atoms with Crippen LogP contribution in [0.2, 0.25) is 0 Å². The molecule has 3 aliphatic rings. The first-order valence-electron chi connectivity index (χ1n) is 9.08. The molecule has 26 heavy (non-hydrogen) atoms. The van der Waals surface area contributed by atoms with Crippen molar-refractivity contribution in [1.29, 1.82) is 0 Å². The molecule has 132 valence electrons. The maximum atomic E-state index is 11.0. The van der Waals surface area contributed by atoms with Crippen LogP contribution in [0, 0.1) is 10.1 Å². The van der Waals surface area contributed by atoms with Gasteiger partial charge in [0.2, 0.25) is 0 Å². The lowest BCUT2D eigenvalue weighted by Crippen LogP contribution is -2.55. The van der Waals surface area contributed by atoms with Crippen molar-refractivity contribution in [3.05, 3.63) is 69.8 Å². The normalized spacial score (nSPS) is 26.2. The number of amidine groups is 1. The van der Waals surface area contributed by atoms with Gasteiger partial charge < -0.3 is 9.80 Å². The minimum absolute atomic E-state index is 0.148. The zero-order chi connectivity index (χ0) is 17.8. The second-order valence-electron chi connectivity index (χ2n) is 7.29. The molecule has 1 saturated heterocycles. The highest BCUT2D eigenvalue weighted by Gasteiger charge is 2.48. The van der Waals surface area contributed by atoms with Crippen molar-refractivity contribution in [2.24, 2.45) is 4.99 Å². The quantitative estimate of drug-likeness (QED) is 0.617. The summed E-state index contributed by atoms with van der Waals surface area (Å²) < 4.78 is 0. The van der Waals surface area contributed by atoms with Gasteiger partial charge in [0.25, 0.3) is 5.69 Å². The van der Waals surface area contributed by atoms with Crippen LogP contribution in [0.4, 0.5) is 11.4 Å². The molecule has 0 radical (unpaired) electrons. The maximum Gasteiger partial charge on any atom is 0.269 e. The molecule has 3 atom stereocenters. The van der Waals surface area contributed by atoms with Crippen LogP contribution >= 0.6 is 0 Å². The molecule has 0 spiro atoms. The van der Waals surface area contributed by atoms with Crippen molar-refractivity contribution in [3.8, 4) is 0 Å². The van der Waals surface area contributed by atoms with E-state index in [0.29, 0.717) is 12.0 Å². The molecule has 0 saturated carbocycles. The maximum absolute atomic E-state index is 11.0. The van der Waals surface area contributed by atoms with Gasteiger partial charge in [-0.15, -0.1) is 0 Å². The Balaban J connectivity index is 1.58. The van der Waals surface area contributed by atoms with E-state index < -0.39 is 0 Å². The fraction of sp³-hybridized carbons (Fsp3) is 0.350. The van der Waals surface area contributed by atoms with Crippen molar-refractivity contribution < 1.29 is 4.92 Å². The number of hydrogen-bond donors (Lipinski definition) is 0. The van der Waals surface area contributed by atoms with E-state index in [1.165, 1.54) is 16.8 Å². The molecule has 6 heteroatoms. The van der Waals surface area contributed by atoms with Crippen LogP contribution in [0.1, 0.15) is 30.4 Å². The standard InChI is InChI=1S/C20H20N4O2/c1-13-12-21-19-17-4-2-3-5-18(17)22-11-10-16(20(22)23(13)19)14-6-8-15(9-7-14)24(25)26/h2-9,13,16,20H,10-12H2,1H3. The monoisotopic (exact) mass is 348 g/mol. The average Bonchev–Trinajstić information content (AvgIpc) is 3.26. The van der Waals surface area contributed by atoms with Gasteiger partial charge >= 0.3 is 0 Å². The highest BCUT2D eigenvalue weighted by Crippen LogP contribution is 2.45. The predicted molar refractivity (Wildman–Crippen MR) is 101 cm³/mol. The first-order valence-corrected chi connectivity index (χ1v) is 9.08. The molecule has 2 aromatic rings. The summed E-state index contributed by atoms with van der Waals surface area (Å²) >= 11 is 0. The molecule has 1 fully saturated rings. The number of rotatable bonds is 2. The Morgan fingerprint density at radius 2 is 1.92 bits per heavy atom. The van der Waals surface area contributed by atoms with Crippen molar-refractivity contribution in [3.63, 3.8) is 0 Å². The van der Waals surface area contributed by atoms with Crippen LogP contribution in [-0.2, 0) is 0 Å². The Hall–Kier alpha value is -2.89. The SMILES string of the molecule is CC1CN=C2c3ccccc3N3CCC(c4ccc([N+](=O)[O-])cc4)C3N21. The van der Waals surface area contributed by atoms with E-state index in [1.54, 1.807) is 12.1 Å². The number of para-hydroxylation sites is 1. The Morgan fingerprint density at radius 3 is 2.69 bits per heavy atom. The molecule has 6 nitrogen and oxygen atoms in total. The molecular formula is C20H20N4O2. The molecule has 3 heterocycles. The third-order valence-electron chi connectivity index (χ3n) is 5.86. The first-order chi connectivity index (χ1) is 12.6. The first kappa shape index (κ1) is 15.4. The van der Waals surface area contributed by atoms with Gasteiger partial charge in [0, 0.05) is 41.9 Å². The van der Waals surface area contributed by atoms with E-state index in [1.807, 2.05) is 12.1 Å². The summed E-state index contributed by atoms with van der Waals surface area (Å²) in [7, 11) is 0. The van der Waals surface area contributed by atoms with Crippen molar-refractivity contribution >= 4 is 17.2 Å². The zero-order valence-electron chi connectivity index (χ0n) is 14.6. The number of non-ortho nitro benzene ring substituents is 1. The second kappa shape index (κ2) is 5.56. The second-order valence-corrected chi connectivity index (χ2v) is 7.29. The fourth-order valence-electron chi connectivity index (χ4n) is 4.69. The number of nitro benzene ring substituents is 1. The summed E-state index contributed by atoms with van der Waals surface area (Å²) in [4.78, 5) is 20.4. The lowest BCUT2D eigenvalue weighted by atomic mass is 9.92. The Morgan fingerprint density at radius 1 is 1.15 bits per heavy atom. The summed E-state index contributed by atoms with van der Waals surface area (Å²) in [6, 6.07) is 16.0. The van der Waals surface area contributed by atoms with Gasteiger partial charge in [-0.3, -0.25) is 15.1 Å². The molecule has 2 aromatic carbocycles. The van der Waals surface area contributed by atoms with Crippen molar-refractivity contribution in [2.75, 3.05) is 18.0 Å². The summed E-state index contributed by atoms with van der Waals surface area (Å²) in [5.74, 6) is 1.41. The van der Waals surface area contributed by atoms with Crippen LogP contribution in [-0.4, -0.2) is 41.0 Å². The summed E-state index contributed by atoms with van der Waals surface area (Å²) in [6.45, 7) is 4.04. The minimum atomic E-state index is -0.338. The van der Waals surface area contributed by atoms with Crippen LogP contribution in [0.5, 0.6) is 0 Å². The summed E-state index contributed by atoms with van der Waals surface area (Å²) in [5.41, 5.74) is 3.79. The fourth-order valence-corrected chi connectivity index (χ4v) is 4.69. The number of benzene rings is 2. The van der Waals surface area contributed by atoms with Crippen molar-refractivity contribution in [2.45, 2.75) is 31.5 Å². The number of anilines is 1. The number of nitrogens with zero attached hydrogens (tertiary/aromatic N) is 4. The largest absolute Gasteiger partial charge is 0.350 e. The Bertz CT molecular complexity index is 908. The van der Waals surface area contributed by atoms with Gasteiger partial charge in [-0.1, -0.05) is 24.3 Å². The topological polar surface area (TPSA) is 62.0 Å². The number of aliphatic imine (C=N–C) groups is 1. The third-order valence-corrected chi connectivity index (χ3v) is 5.86.